The molecule has 0 spiro atoms. The minimum absolute atomic E-state index is 0.109. The zero-order valence-corrected chi connectivity index (χ0v) is 13.5. The Morgan fingerprint density at radius 3 is 2.60 bits per heavy atom. The number of rotatable bonds is 3. The SMILES string of the molecule is CC(Cl)c1nc2cccc(Cl)c2n1C(C)C1CCCC1. The normalized spacial score (nSPS) is 19.6. The number of para-hydroxylation sites is 1. The van der Waals surface area contributed by atoms with Gasteiger partial charge in [0, 0.05) is 6.04 Å². The van der Waals surface area contributed by atoms with Gasteiger partial charge in [0.25, 0.3) is 0 Å². The zero-order chi connectivity index (χ0) is 14.3. The van der Waals surface area contributed by atoms with Gasteiger partial charge < -0.3 is 4.57 Å². The van der Waals surface area contributed by atoms with E-state index in [0.29, 0.717) is 12.0 Å². The van der Waals surface area contributed by atoms with E-state index in [2.05, 4.69) is 11.5 Å². The molecule has 1 saturated carbocycles. The quantitative estimate of drug-likeness (QED) is 0.661. The van der Waals surface area contributed by atoms with Crippen molar-refractivity contribution in [3.63, 3.8) is 0 Å². The van der Waals surface area contributed by atoms with Gasteiger partial charge in [-0.15, -0.1) is 11.6 Å². The molecule has 0 bridgehead atoms. The Labute approximate surface area is 130 Å². The second-order valence-electron chi connectivity index (χ2n) is 5.85. The number of aromatic nitrogens is 2. The van der Waals surface area contributed by atoms with Crippen molar-refractivity contribution in [2.45, 2.75) is 50.9 Å². The van der Waals surface area contributed by atoms with Crippen molar-refractivity contribution in [3.05, 3.63) is 29.0 Å². The molecule has 0 radical (unpaired) electrons. The number of fused-ring (bicyclic) bond motifs is 1. The summed E-state index contributed by atoms with van der Waals surface area (Å²) in [6.45, 7) is 4.26. The second-order valence-corrected chi connectivity index (χ2v) is 6.91. The van der Waals surface area contributed by atoms with Gasteiger partial charge in [-0.2, -0.15) is 0 Å². The van der Waals surface area contributed by atoms with E-state index in [1.807, 2.05) is 25.1 Å². The molecule has 2 atom stereocenters. The lowest BCUT2D eigenvalue weighted by Crippen LogP contribution is -2.17. The number of nitrogens with zero attached hydrogens (tertiary/aromatic N) is 2. The van der Waals surface area contributed by atoms with Crippen molar-refractivity contribution in [2.75, 3.05) is 0 Å². The van der Waals surface area contributed by atoms with Gasteiger partial charge in [0.2, 0.25) is 0 Å². The summed E-state index contributed by atoms with van der Waals surface area (Å²) >= 11 is 12.8. The molecule has 2 unspecified atom stereocenters. The molecule has 1 aliphatic rings. The minimum Gasteiger partial charge on any atom is -0.322 e. The molecule has 3 rings (SSSR count). The first-order valence-electron chi connectivity index (χ1n) is 7.40. The lowest BCUT2D eigenvalue weighted by Gasteiger charge is -2.24. The van der Waals surface area contributed by atoms with Crippen LogP contribution in [0, 0.1) is 5.92 Å². The predicted molar refractivity (Wildman–Crippen MR) is 85.7 cm³/mol. The summed E-state index contributed by atoms with van der Waals surface area (Å²) < 4.78 is 2.28. The predicted octanol–water partition coefficient (Wildman–Crippen LogP) is 5.74. The minimum atomic E-state index is -0.109. The Morgan fingerprint density at radius 1 is 1.25 bits per heavy atom. The van der Waals surface area contributed by atoms with Gasteiger partial charge in [0.1, 0.15) is 5.82 Å². The average molecular weight is 311 g/mol. The van der Waals surface area contributed by atoms with Gasteiger partial charge in [0.15, 0.2) is 0 Å². The molecule has 0 amide bonds. The zero-order valence-electron chi connectivity index (χ0n) is 11.9. The standard InChI is InChI=1S/C16H20Cl2N2/c1-10(17)16-19-14-9-5-8-13(18)15(14)20(16)11(2)12-6-3-4-7-12/h5,8-12H,3-4,6-7H2,1-2H3. The maximum Gasteiger partial charge on any atom is 0.128 e. The Kier molecular flexibility index (Phi) is 3.96. The van der Waals surface area contributed by atoms with Crippen LogP contribution >= 0.6 is 23.2 Å². The van der Waals surface area contributed by atoms with E-state index in [0.717, 1.165) is 21.9 Å². The average Bonchev–Trinajstić information content (AvgIpc) is 3.06. The van der Waals surface area contributed by atoms with E-state index in [-0.39, 0.29) is 5.38 Å². The van der Waals surface area contributed by atoms with Crippen LogP contribution in [-0.2, 0) is 0 Å². The van der Waals surface area contributed by atoms with E-state index in [4.69, 9.17) is 28.2 Å². The Hall–Kier alpha value is -0.730. The molecule has 2 nitrogen and oxygen atoms in total. The smallest absolute Gasteiger partial charge is 0.128 e. The van der Waals surface area contributed by atoms with Crippen molar-refractivity contribution < 1.29 is 0 Å². The molecular weight excluding hydrogens is 291 g/mol. The third-order valence-corrected chi connectivity index (χ3v) is 5.03. The number of imidazole rings is 1. The fourth-order valence-corrected chi connectivity index (χ4v) is 3.88. The van der Waals surface area contributed by atoms with Gasteiger partial charge in [-0.1, -0.05) is 30.5 Å². The highest BCUT2D eigenvalue weighted by Crippen LogP contribution is 2.39. The van der Waals surface area contributed by atoms with E-state index in [1.54, 1.807) is 0 Å². The van der Waals surface area contributed by atoms with Gasteiger partial charge in [-0.3, -0.25) is 0 Å². The van der Waals surface area contributed by atoms with Gasteiger partial charge >= 0.3 is 0 Å². The Balaban J connectivity index is 2.17. The van der Waals surface area contributed by atoms with Crippen LogP contribution in [-0.4, -0.2) is 9.55 Å². The molecule has 1 heterocycles. The van der Waals surface area contributed by atoms with Gasteiger partial charge in [-0.25, -0.2) is 4.98 Å². The van der Waals surface area contributed by atoms with Crippen LogP contribution < -0.4 is 0 Å². The molecule has 108 valence electrons. The number of hydrogen-bond acceptors (Lipinski definition) is 1. The fraction of sp³-hybridized carbons (Fsp3) is 0.562. The summed E-state index contributed by atoms with van der Waals surface area (Å²) in [5.41, 5.74) is 1.99. The highest BCUT2D eigenvalue weighted by Gasteiger charge is 2.28. The van der Waals surface area contributed by atoms with Crippen LogP contribution in [0.5, 0.6) is 0 Å². The summed E-state index contributed by atoms with van der Waals surface area (Å²) in [4.78, 5) is 4.71. The van der Waals surface area contributed by atoms with Crippen molar-refractivity contribution in [3.8, 4) is 0 Å². The van der Waals surface area contributed by atoms with Crippen LogP contribution in [0.15, 0.2) is 18.2 Å². The summed E-state index contributed by atoms with van der Waals surface area (Å²) in [5, 5.41) is 0.658. The first-order valence-corrected chi connectivity index (χ1v) is 8.21. The monoisotopic (exact) mass is 310 g/mol. The number of benzene rings is 1. The van der Waals surface area contributed by atoms with Crippen molar-refractivity contribution >= 4 is 34.2 Å². The maximum absolute atomic E-state index is 6.43. The molecule has 1 fully saturated rings. The molecule has 4 heteroatoms. The molecule has 20 heavy (non-hydrogen) atoms. The lowest BCUT2D eigenvalue weighted by atomic mass is 9.99. The Bertz CT molecular complexity index is 612. The highest BCUT2D eigenvalue weighted by atomic mass is 35.5. The van der Waals surface area contributed by atoms with E-state index in [9.17, 15) is 0 Å². The Morgan fingerprint density at radius 2 is 1.95 bits per heavy atom. The highest BCUT2D eigenvalue weighted by molar-refractivity contribution is 6.35. The number of halogens is 2. The molecule has 1 aromatic heterocycles. The number of alkyl halides is 1. The van der Waals surface area contributed by atoms with Crippen molar-refractivity contribution in [1.82, 2.24) is 9.55 Å². The van der Waals surface area contributed by atoms with E-state index in [1.165, 1.54) is 25.7 Å². The molecule has 0 aliphatic heterocycles. The van der Waals surface area contributed by atoms with Gasteiger partial charge in [-0.05, 0) is 44.7 Å². The molecule has 0 N–H and O–H groups in total. The second kappa shape index (κ2) is 5.57. The largest absolute Gasteiger partial charge is 0.322 e. The summed E-state index contributed by atoms with van der Waals surface area (Å²) in [6, 6.07) is 6.30. The topological polar surface area (TPSA) is 17.8 Å². The first-order chi connectivity index (χ1) is 9.59. The molecule has 1 aliphatic carbocycles. The summed E-state index contributed by atoms with van der Waals surface area (Å²) in [7, 11) is 0. The van der Waals surface area contributed by atoms with Crippen molar-refractivity contribution in [1.29, 1.82) is 0 Å². The fourth-order valence-electron chi connectivity index (χ4n) is 3.47. The van der Waals surface area contributed by atoms with Crippen LogP contribution in [0.3, 0.4) is 0 Å². The maximum atomic E-state index is 6.43. The van der Waals surface area contributed by atoms with Crippen LogP contribution in [0.4, 0.5) is 0 Å². The lowest BCUT2D eigenvalue weighted by molar-refractivity contribution is 0.359. The number of hydrogen-bond donors (Lipinski definition) is 0. The molecular formula is C16H20Cl2N2. The van der Waals surface area contributed by atoms with Crippen LogP contribution in [0.25, 0.3) is 11.0 Å². The van der Waals surface area contributed by atoms with E-state index < -0.39 is 0 Å². The van der Waals surface area contributed by atoms with Crippen LogP contribution in [0.2, 0.25) is 5.02 Å². The van der Waals surface area contributed by atoms with Crippen molar-refractivity contribution in [2.24, 2.45) is 5.92 Å². The molecule has 0 saturated heterocycles. The third-order valence-electron chi connectivity index (χ3n) is 4.53. The summed E-state index contributed by atoms with van der Waals surface area (Å²) in [6.07, 6.45) is 5.26. The van der Waals surface area contributed by atoms with E-state index >= 15 is 0 Å². The van der Waals surface area contributed by atoms with Gasteiger partial charge in [0.05, 0.1) is 21.4 Å². The molecule has 2 aromatic rings. The van der Waals surface area contributed by atoms with Crippen LogP contribution in [0.1, 0.15) is 56.8 Å². The first kappa shape index (κ1) is 14.2. The molecule has 1 aromatic carbocycles. The third kappa shape index (κ3) is 2.33. The summed E-state index contributed by atoms with van der Waals surface area (Å²) in [5.74, 6) is 1.65.